The summed E-state index contributed by atoms with van der Waals surface area (Å²) in [4.78, 5) is 9.21. The number of aromatic nitrogens is 4. The van der Waals surface area contributed by atoms with Gasteiger partial charge in [0.05, 0.1) is 41.3 Å². The number of hydrogen-bond acceptors (Lipinski definition) is 7. The van der Waals surface area contributed by atoms with Gasteiger partial charge in [0.25, 0.3) is 15.2 Å². The summed E-state index contributed by atoms with van der Waals surface area (Å²) in [6.07, 6.45) is 4.65. The van der Waals surface area contributed by atoms with E-state index in [1.165, 1.54) is 23.6 Å². The third-order valence-electron chi connectivity index (χ3n) is 3.96. The zero-order valence-electron chi connectivity index (χ0n) is 14.4. The molecule has 0 spiro atoms. The Bertz CT molecular complexity index is 1210. The molecule has 8 nitrogen and oxygen atoms in total. The number of benzene rings is 1. The Kier molecular flexibility index (Phi) is 4.28. The minimum atomic E-state index is -3.79. The second-order valence-electron chi connectivity index (χ2n) is 5.69. The van der Waals surface area contributed by atoms with Crippen LogP contribution in [0.2, 0.25) is 0 Å². The summed E-state index contributed by atoms with van der Waals surface area (Å²) in [5, 5.41) is 5.54. The second-order valence-corrected chi connectivity index (χ2v) is 8.37. The minimum Gasteiger partial charge on any atom is -0.473 e. The van der Waals surface area contributed by atoms with Gasteiger partial charge in [-0.2, -0.15) is 5.10 Å². The van der Waals surface area contributed by atoms with E-state index in [0.29, 0.717) is 22.1 Å². The van der Waals surface area contributed by atoms with Crippen molar-refractivity contribution in [3.8, 4) is 15.8 Å². The number of sulfonamides is 1. The highest BCUT2D eigenvalue weighted by Crippen LogP contribution is 2.30. The highest BCUT2D eigenvalue weighted by molar-refractivity contribution is 7.92. The Morgan fingerprint density at radius 1 is 1.11 bits per heavy atom. The second kappa shape index (κ2) is 6.63. The maximum Gasteiger partial charge on any atom is 0.273 e. The van der Waals surface area contributed by atoms with Crippen LogP contribution in [-0.2, 0) is 17.1 Å². The van der Waals surface area contributed by atoms with Gasteiger partial charge in [-0.15, -0.1) is 0 Å². The number of aryl methyl sites for hydroxylation is 1. The molecule has 10 heteroatoms. The van der Waals surface area contributed by atoms with Crippen molar-refractivity contribution in [2.45, 2.75) is 4.90 Å². The summed E-state index contributed by atoms with van der Waals surface area (Å²) < 4.78 is 34.8. The van der Waals surface area contributed by atoms with Crippen LogP contribution in [0.1, 0.15) is 0 Å². The number of ether oxygens (including phenoxy) is 1. The van der Waals surface area contributed by atoms with E-state index in [0.717, 1.165) is 10.3 Å². The van der Waals surface area contributed by atoms with Crippen LogP contribution in [0, 0.1) is 0 Å². The van der Waals surface area contributed by atoms with Gasteiger partial charge in [-0.05, 0) is 18.2 Å². The fourth-order valence-electron chi connectivity index (χ4n) is 2.68. The van der Waals surface area contributed by atoms with Gasteiger partial charge in [-0.1, -0.05) is 23.5 Å². The zero-order chi connectivity index (χ0) is 19.0. The van der Waals surface area contributed by atoms with E-state index in [4.69, 9.17) is 4.74 Å². The normalized spacial score (nSPS) is 11.6. The minimum absolute atomic E-state index is 0.0712. The van der Waals surface area contributed by atoms with Crippen molar-refractivity contribution in [1.29, 1.82) is 0 Å². The Hall–Kier alpha value is -2.98. The fourth-order valence-corrected chi connectivity index (χ4v) is 4.39. The van der Waals surface area contributed by atoms with Gasteiger partial charge < -0.3 is 4.74 Å². The lowest BCUT2D eigenvalue weighted by atomic mass is 10.2. The highest BCUT2D eigenvalue weighted by atomic mass is 32.2. The first-order valence-corrected chi connectivity index (χ1v) is 10.2. The van der Waals surface area contributed by atoms with Crippen molar-refractivity contribution in [3.63, 3.8) is 0 Å². The number of hydrogen-bond donors (Lipinski definition) is 1. The van der Waals surface area contributed by atoms with E-state index in [-0.39, 0.29) is 4.90 Å². The molecule has 4 aromatic rings. The molecule has 3 aromatic heterocycles. The lowest BCUT2D eigenvalue weighted by molar-refractivity contribution is 0.412. The number of methoxy groups -OCH3 is 1. The summed E-state index contributed by atoms with van der Waals surface area (Å²) in [5.74, 6) is 0. The third-order valence-corrected chi connectivity index (χ3v) is 6.30. The van der Waals surface area contributed by atoms with Crippen molar-refractivity contribution in [2.75, 3.05) is 11.8 Å². The Balaban J connectivity index is 1.64. The molecule has 0 radical (unpaired) electrons. The maximum absolute atomic E-state index is 12.8. The molecule has 0 amide bonds. The van der Waals surface area contributed by atoms with Crippen LogP contribution in [0.25, 0.3) is 21.5 Å². The topological polar surface area (TPSA) is 99.0 Å². The Labute approximate surface area is 159 Å². The highest BCUT2D eigenvalue weighted by Gasteiger charge is 2.18. The monoisotopic (exact) mass is 401 g/mol. The maximum atomic E-state index is 12.8. The number of pyridine rings is 1. The molecular weight excluding hydrogens is 386 g/mol. The van der Waals surface area contributed by atoms with Crippen LogP contribution in [0.5, 0.6) is 5.19 Å². The first-order valence-electron chi connectivity index (χ1n) is 7.88. The van der Waals surface area contributed by atoms with Gasteiger partial charge in [0.15, 0.2) is 0 Å². The number of anilines is 1. The zero-order valence-corrected chi connectivity index (χ0v) is 16.1. The third kappa shape index (κ3) is 3.24. The SMILES string of the molecule is COc1ncc(-c2ccc(S(=O)(=O)Nc3cccc4cnn(C)c34)cn2)s1. The van der Waals surface area contributed by atoms with Gasteiger partial charge in [0.1, 0.15) is 4.90 Å². The number of thiazole rings is 1. The number of fused-ring (bicyclic) bond motifs is 1. The number of nitrogens with one attached hydrogen (secondary N) is 1. The molecule has 0 saturated heterocycles. The first kappa shape index (κ1) is 17.4. The summed E-state index contributed by atoms with van der Waals surface area (Å²) >= 11 is 1.34. The summed E-state index contributed by atoms with van der Waals surface area (Å²) in [6, 6.07) is 8.51. The smallest absolute Gasteiger partial charge is 0.273 e. The van der Waals surface area contributed by atoms with Crippen LogP contribution >= 0.6 is 11.3 Å². The van der Waals surface area contributed by atoms with Gasteiger partial charge in [-0.3, -0.25) is 14.4 Å². The largest absolute Gasteiger partial charge is 0.473 e. The molecule has 0 aliphatic carbocycles. The quantitative estimate of drug-likeness (QED) is 0.552. The number of rotatable bonds is 5. The van der Waals surface area contributed by atoms with Crippen LogP contribution in [0.4, 0.5) is 5.69 Å². The number of para-hydroxylation sites is 1. The van der Waals surface area contributed by atoms with Gasteiger partial charge in [0, 0.05) is 18.6 Å². The molecule has 0 saturated carbocycles. The average molecular weight is 401 g/mol. The molecule has 27 heavy (non-hydrogen) atoms. The van der Waals surface area contributed by atoms with E-state index in [2.05, 4.69) is 19.8 Å². The van der Waals surface area contributed by atoms with E-state index < -0.39 is 10.0 Å². The molecule has 0 aliphatic heterocycles. The number of nitrogens with zero attached hydrogens (tertiary/aromatic N) is 4. The van der Waals surface area contributed by atoms with Crippen molar-refractivity contribution >= 4 is 38.0 Å². The van der Waals surface area contributed by atoms with E-state index >= 15 is 0 Å². The van der Waals surface area contributed by atoms with Crippen LogP contribution < -0.4 is 9.46 Å². The van der Waals surface area contributed by atoms with E-state index in [9.17, 15) is 8.42 Å². The lowest BCUT2D eigenvalue weighted by Gasteiger charge is -2.10. The molecule has 3 heterocycles. The van der Waals surface area contributed by atoms with Gasteiger partial charge >= 0.3 is 0 Å². The summed E-state index contributed by atoms with van der Waals surface area (Å²) in [5.41, 5.74) is 1.80. The average Bonchev–Trinajstić information content (AvgIpc) is 3.29. The standard InChI is InChI=1S/C17H15N5O3S2/c1-22-16-11(8-20-22)4-3-5-14(16)21-27(23,24)12-6-7-13(18-9-12)15-10-19-17(25-2)26-15/h3-10,21H,1-2H3. The fraction of sp³-hybridized carbons (Fsp3) is 0.118. The lowest BCUT2D eigenvalue weighted by Crippen LogP contribution is -2.14. The van der Waals surface area contributed by atoms with Crippen molar-refractivity contribution in [2.24, 2.45) is 7.05 Å². The molecule has 0 bridgehead atoms. The van der Waals surface area contributed by atoms with Crippen molar-refractivity contribution in [1.82, 2.24) is 19.7 Å². The van der Waals surface area contributed by atoms with Gasteiger partial charge in [-0.25, -0.2) is 13.4 Å². The van der Waals surface area contributed by atoms with Crippen LogP contribution in [0.3, 0.4) is 0 Å². The molecule has 1 aromatic carbocycles. The Morgan fingerprint density at radius 2 is 1.96 bits per heavy atom. The molecule has 1 N–H and O–H groups in total. The van der Waals surface area contributed by atoms with Crippen LogP contribution in [-0.4, -0.2) is 35.3 Å². The van der Waals surface area contributed by atoms with Crippen molar-refractivity contribution < 1.29 is 13.2 Å². The summed E-state index contributed by atoms with van der Waals surface area (Å²) in [7, 11) is -0.483. The molecule has 4 rings (SSSR count). The summed E-state index contributed by atoms with van der Waals surface area (Å²) in [6.45, 7) is 0. The van der Waals surface area contributed by atoms with E-state index in [1.807, 2.05) is 6.07 Å². The predicted octanol–water partition coefficient (Wildman–Crippen LogP) is 2.90. The predicted molar refractivity (Wildman–Crippen MR) is 103 cm³/mol. The molecule has 0 aliphatic rings. The first-order chi connectivity index (χ1) is 13.0. The molecule has 0 unspecified atom stereocenters. The molecule has 0 atom stereocenters. The van der Waals surface area contributed by atoms with E-state index in [1.54, 1.807) is 49.4 Å². The molecular formula is C17H15N5O3S2. The van der Waals surface area contributed by atoms with Crippen LogP contribution in [0.15, 0.2) is 53.8 Å². The van der Waals surface area contributed by atoms with Gasteiger partial charge in [0.2, 0.25) is 0 Å². The molecule has 138 valence electrons. The van der Waals surface area contributed by atoms with Crippen molar-refractivity contribution in [3.05, 3.63) is 48.9 Å². The molecule has 0 fully saturated rings. The Morgan fingerprint density at radius 3 is 2.67 bits per heavy atom.